The van der Waals surface area contributed by atoms with E-state index in [2.05, 4.69) is 0 Å². The molecule has 0 fully saturated rings. The van der Waals surface area contributed by atoms with E-state index in [9.17, 15) is 4.79 Å². The van der Waals surface area contributed by atoms with Crippen LogP contribution < -0.4 is 5.73 Å². The average Bonchev–Trinajstić information content (AvgIpc) is 1.67. The highest BCUT2D eigenvalue weighted by Gasteiger charge is 2.04. The molecule has 1 amide bonds. The number of rotatable bonds is 3. The minimum atomic E-state index is -0.188. The SMILES string of the molecule is CCCC(C)C(N)=O. The third-order valence-corrected chi connectivity index (χ3v) is 1.21. The van der Waals surface area contributed by atoms with E-state index in [1.807, 2.05) is 13.8 Å². The normalized spacial score (nSPS) is 13.2. The number of carbonyl (C=O) groups excluding carboxylic acids is 1. The van der Waals surface area contributed by atoms with E-state index < -0.39 is 0 Å². The number of hydrogen-bond donors (Lipinski definition) is 1. The van der Waals surface area contributed by atoms with Crippen LogP contribution in [0.1, 0.15) is 26.7 Å². The molecule has 0 spiro atoms. The van der Waals surface area contributed by atoms with Gasteiger partial charge < -0.3 is 5.73 Å². The van der Waals surface area contributed by atoms with Crippen molar-refractivity contribution in [2.75, 3.05) is 0 Å². The monoisotopic (exact) mass is 115 g/mol. The standard InChI is InChI=1S/C6H13NO/c1-3-4-5(2)6(7)8/h5H,3-4H2,1-2H3,(H2,7,8). The van der Waals surface area contributed by atoms with Gasteiger partial charge >= 0.3 is 0 Å². The lowest BCUT2D eigenvalue weighted by Gasteiger charge is -2.01. The zero-order chi connectivity index (χ0) is 6.57. The van der Waals surface area contributed by atoms with Crippen LogP contribution in [0, 0.1) is 5.92 Å². The van der Waals surface area contributed by atoms with E-state index in [1.165, 1.54) is 0 Å². The van der Waals surface area contributed by atoms with Crippen molar-refractivity contribution in [2.24, 2.45) is 11.7 Å². The van der Waals surface area contributed by atoms with Crippen molar-refractivity contribution in [3.63, 3.8) is 0 Å². The minimum Gasteiger partial charge on any atom is -0.369 e. The highest BCUT2D eigenvalue weighted by Crippen LogP contribution is 2.01. The lowest BCUT2D eigenvalue weighted by atomic mass is 10.1. The summed E-state index contributed by atoms with van der Waals surface area (Å²) in [5, 5.41) is 0. The van der Waals surface area contributed by atoms with Gasteiger partial charge in [0.15, 0.2) is 0 Å². The molecule has 0 aliphatic carbocycles. The summed E-state index contributed by atoms with van der Waals surface area (Å²) in [6.45, 7) is 3.89. The van der Waals surface area contributed by atoms with E-state index >= 15 is 0 Å². The Morgan fingerprint density at radius 1 is 1.75 bits per heavy atom. The minimum absolute atomic E-state index is 0.0556. The van der Waals surface area contributed by atoms with Crippen molar-refractivity contribution < 1.29 is 4.79 Å². The van der Waals surface area contributed by atoms with E-state index in [4.69, 9.17) is 5.73 Å². The number of hydrogen-bond acceptors (Lipinski definition) is 1. The van der Waals surface area contributed by atoms with Crippen LogP contribution in [0.3, 0.4) is 0 Å². The predicted octanol–water partition coefficient (Wildman–Crippen LogP) is 0.908. The first kappa shape index (κ1) is 7.47. The van der Waals surface area contributed by atoms with Gasteiger partial charge in [-0.1, -0.05) is 20.3 Å². The molecular weight excluding hydrogens is 102 g/mol. The van der Waals surface area contributed by atoms with E-state index in [0.717, 1.165) is 12.8 Å². The molecule has 2 heteroatoms. The Labute approximate surface area is 50.1 Å². The molecule has 1 atom stereocenters. The van der Waals surface area contributed by atoms with E-state index in [1.54, 1.807) is 0 Å². The molecule has 0 rings (SSSR count). The summed E-state index contributed by atoms with van der Waals surface area (Å²) in [6.07, 6.45) is 1.94. The van der Waals surface area contributed by atoms with Crippen molar-refractivity contribution >= 4 is 5.91 Å². The van der Waals surface area contributed by atoms with Crippen LogP contribution in [-0.2, 0) is 4.79 Å². The molecule has 1 unspecified atom stereocenters. The molecular formula is C6H13NO. The number of primary amides is 1. The molecule has 0 aliphatic rings. The second-order valence-electron chi connectivity index (χ2n) is 2.09. The smallest absolute Gasteiger partial charge is 0.220 e. The van der Waals surface area contributed by atoms with Crippen LogP contribution in [0.4, 0.5) is 0 Å². The molecule has 8 heavy (non-hydrogen) atoms. The van der Waals surface area contributed by atoms with Crippen molar-refractivity contribution in [1.29, 1.82) is 0 Å². The van der Waals surface area contributed by atoms with E-state index in [-0.39, 0.29) is 11.8 Å². The first-order chi connectivity index (χ1) is 3.68. The summed E-state index contributed by atoms with van der Waals surface area (Å²) in [6, 6.07) is 0. The topological polar surface area (TPSA) is 43.1 Å². The number of amides is 1. The molecule has 48 valence electrons. The van der Waals surface area contributed by atoms with Gasteiger partial charge in [-0.2, -0.15) is 0 Å². The second kappa shape index (κ2) is 3.47. The van der Waals surface area contributed by atoms with Gasteiger partial charge in [0.25, 0.3) is 0 Å². The maximum atomic E-state index is 10.3. The van der Waals surface area contributed by atoms with Gasteiger partial charge in [0, 0.05) is 5.92 Å². The van der Waals surface area contributed by atoms with Crippen LogP contribution in [0.2, 0.25) is 0 Å². The maximum absolute atomic E-state index is 10.3. The summed E-state index contributed by atoms with van der Waals surface area (Å²) in [5.74, 6) is -0.133. The summed E-state index contributed by atoms with van der Waals surface area (Å²) >= 11 is 0. The van der Waals surface area contributed by atoms with Gasteiger partial charge in [0.05, 0.1) is 0 Å². The molecule has 2 N–H and O–H groups in total. The van der Waals surface area contributed by atoms with Gasteiger partial charge in [0.2, 0.25) is 5.91 Å². The second-order valence-corrected chi connectivity index (χ2v) is 2.09. The van der Waals surface area contributed by atoms with Gasteiger partial charge in [-0.05, 0) is 6.42 Å². The molecule has 0 aromatic heterocycles. The van der Waals surface area contributed by atoms with E-state index in [0.29, 0.717) is 0 Å². The molecule has 2 nitrogen and oxygen atoms in total. The number of carbonyl (C=O) groups is 1. The predicted molar refractivity (Wildman–Crippen MR) is 33.3 cm³/mol. The van der Waals surface area contributed by atoms with Gasteiger partial charge in [0.1, 0.15) is 0 Å². The Morgan fingerprint density at radius 3 is 2.38 bits per heavy atom. The summed E-state index contributed by atoms with van der Waals surface area (Å²) in [7, 11) is 0. The third-order valence-electron chi connectivity index (χ3n) is 1.21. The first-order valence-electron chi connectivity index (χ1n) is 2.97. The lowest BCUT2D eigenvalue weighted by molar-refractivity contribution is -0.121. The van der Waals surface area contributed by atoms with Crippen molar-refractivity contribution in [1.82, 2.24) is 0 Å². The fraction of sp³-hybridized carbons (Fsp3) is 0.833. The molecule has 0 saturated carbocycles. The average molecular weight is 115 g/mol. The molecule has 0 radical (unpaired) electrons. The summed E-state index contributed by atoms with van der Waals surface area (Å²) in [5.41, 5.74) is 4.98. The fourth-order valence-corrected chi connectivity index (χ4v) is 0.575. The van der Waals surface area contributed by atoms with Gasteiger partial charge in [-0.3, -0.25) is 4.79 Å². The van der Waals surface area contributed by atoms with Crippen LogP contribution >= 0.6 is 0 Å². The Bertz CT molecular complexity index is 80.6. The highest BCUT2D eigenvalue weighted by atomic mass is 16.1. The largest absolute Gasteiger partial charge is 0.369 e. The van der Waals surface area contributed by atoms with Crippen molar-refractivity contribution in [2.45, 2.75) is 26.7 Å². The van der Waals surface area contributed by atoms with Crippen LogP contribution in [0.25, 0.3) is 0 Å². The zero-order valence-corrected chi connectivity index (χ0v) is 5.48. The summed E-state index contributed by atoms with van der Waals surface area (Å²) in [4.78, 5) is 10.3. The Kier molecular flexibility index (Phi) is 3.24. The Hall–Kier alpha value is -0.530. The van der Waals surface area contributed by atoms with Gasteiger partial charge in [-0.25, -0.2) is 0 Å². The van der Waals surface area contributed by atoms with Crippen molar-refractivity contribution in [3.8, 4) is 0 Å². The van der Waals surface area contributed by atoms with Crippen LogP contribution in [-0.4, -0.2) is 5.91 Å². The Morgan fingerprint density at radius 2 is 2.25 bits per heavy atom. The molecule has 0 aromatic carbocycles. The molecule has 0 aliphatic heterocycles. The maximum Gasteiger partial charge on any atom is 0.220 e. The number of nitrogens with two attached hydrogens (primary N) is 1. The Balaban J connectivity index is 3.32. The first-order valence-corrected chi connectivity index (χ1v) is 2.97. The highest BCUT2D eigenvalue weighted by molar-refractivity contribution is 5.76. The quantitative estimate of drug-likeness (QED) is 0.583. The lowest BCUT2D eigenvalue weighted by Crippen LogP contribution is -2.19. The molecule has 0 heterocycles. The molecule has 0 bridgehead atoms. The third kappa shape index (κ3) is 2.61. The van der Waals surface area contributed by atoms with Crippen LogP contribution in [0.5, 0.6) is 0 Å². The fourth-order valence-electron chi connectivity index (χ4n) is 0.575. The van der Waals surface area contributed by atoms with Crippen LogP contribution in [0.15, 0.2) is 0 Å². The molecule has 0 aromatic rings. The zero-order valence-electron chi connectivity index (χ0n) is 5.48. The summed E-state index contributed by atoms with van der Waals surface area (Å²) < 4.78 is 0. The van der Waals surface area contributed by atoms with Gasteiger partial charge in [-0.15, -0.1) is 0 Å². The molecule has 0 saturated heterocycles. The van der Waals surface area contributed by atoms with Crippen molar-refractivity contribution in [3.05, 3.63) is 0 Å².